The Balaban J connectivity index is 1.59. The normalized spacial score (nSPS) is 16.5. The minimum Gasteiger partial charge on any atom is -0.491 e. The summed E-state index contributed by atoms with van der Waals surface area (Å²) in [7, 11) is -3.85. The van der Waals surface area contributed by atoms with Crippen LogP contribution in [0.25, 0.3) is 0 Å². The number of thiophene rings is 1. The fourth-order valence-corrected chi connectivity index (χ4v) is 7.21. The maximum absolute atomic E-state index is 13.8. The average molecular weight is 561 g/mol. The van der Waals surface area contributed by atoms with Crippen molar-refractivity contribution in [3.8, 4) is 5.75 Å². The van der Waals surface area contributed by atoms with Crippen LogP contribution in [0, 0.1) is 13.8 Å². The van der Waals surface area contributed by atoms with Crippen LogP contribution in [0.5, 0.6) is 5.75 Å². The van der Waals surface area contributed by atoms with Gasteiger partial charge in [-0.25, -0.2) is 8.42 Å². The van der Waals surface area contributed by atoms with Crippen molar-refractivity contribution in [2.24, 2.45) is 0 Å². The molecule has 1 aromatic heterocycles. The first kappa shape index (κ1) is 27.6. The Morgan fingerprint density at radius 3 is 2.59 bits per heavy atom. The van der Waals surface area contributed by atoms with E-state index in [1.54, 1.807) is 46.6 Å². The molecule has 37 heavy (non-hydrogen) atoms. The Bertz CT molecular complexity index is 1350. The van der Waals surface area contributed by atoms with E-state index in [0.29, 0.717) is 23.7 Å². The number of sulfonamides is 1. The molecule has 0 saturated heterocycles. The number of halogens is 1. The van der Waals surface area contributed by atoms with Crippen LogP contribution in [0.4, 0.5) is 0 Å². The molecule has 0 spiro atoms. The zero-order chi connectivity index (χ0) is 26.7. The third kappa shape index (κ3) is 6.03. The van der Waals surface area contributed by atoms with Gasteiger partial charge in [-0.3, -0.25) is 4.79 Å². The maximum atomic E-state index is 13.8. The summed E-state index contributed by atoms with van der Waals surface area (Å²) >= 11 is 7.84. The summed E-state index contributed by atoms with van der Waals surface area (Å²) < 4.78 is 34.7. The molecule has 1 aliphatic heterocycles. The number of benzene rings is 2. The number of aryl methyl sites for hydroxylation is 2. The van der Waals surface area contributed by atoms with Gasteiger partial charge in [0.15, 0.2) is 0 Å². The first-order chi connectivity index (χ1) is 17.6. The smallest absolute Gasteiger partial charge is 0.243 e. The Morgan fingerprint density at radius 2 is 1.92 bits per heavy atom. The summed E-state index contributed by atoms with van der Waals surface area (Å²) in [6.07, 6.45) is 1.33. The number of hydrogen-bond acceptors (Lipinski definition) is 5. The highest BCUT2D eigenvalue weighted by atomic mass is 35.5. The van der Waals surface area contributed by atoms with Gasteiger partial charge < -0.3 is 9.64 Å². The monoisotopic (exact) mass is 560 g/mol. The molecule has 0 fully saturated rings. The first-order valence-corrected chi connectivity index (χ1v) is 15.1. The fourth-order valence-electron chi connectivity index (χ4n) is 4.51. The van der Waals surface area contributed by atoms with Gasteiger partial charge in [0.1, 0.15) is 12.4 Å². The van der Waals surface area contributed by atoms with E-state index in [-0.39, 0.29) is 36.0 Å². The molecule has 0 aliphatic carbocycles. The zero-order valence-corrected chi connectivity index (χ0v) is 24.0. The van der Waals surface area contributed by atoms with Crippen molar-refractivity contribution < 1.29 is 17.9 Å². The molecule has 198 valence electrons. The Labute approximate surface area is 228 Å². The van der Waals surface area contributed by atoms with Crippen molar-refractivity contribution in [3.05, 3.63) is 80.5 Å². The molecule has 2 atom stereocenters. The van der Waals surface area contributed by atoms with E-state index >= 15 is 0 Å². The minimum absolute atomic E-state index is 0.197. The molecule has 6 nitrogen and oxygen atoms in total. The zero-order valence-electron chi connectivity index (χ0n) is 21.6. The standard InChI is InChI=1S/C28H33ClN2O4S2/c1-5-21(4)31(37(33,34)23-9-6-19(2)7-10-23)17-28(32)30-14-12-27-24(13-15-36-27)26(30)18-35-22-8-11-25(29)20(3)16-22/h6-11,13,15-16,21,26H,5,12,14,17-18H2,1-4H3/t21-,26-/m1/s1. The molecule has 3 aromatic rings. The topological polar surface area (TPSA) is 66.9 Å². The van der Waals surface area contributed by atoms with E-state index in [9.17, 15) is 13.2 Å². The summed E-state index contributed by atoms with van der Waals surface area (Å²) in [6, 6.07) is 13.7. The highest BCUT2D eigenvalue weighted by Gasteiger charge is 2.36. The largest absolute Gasteiger partial charge is 0.491 e. The van der Waals surface area contributed by atoms with Crippen molar-refractivity contribution in [1.29, 1.82) is 0 Å². The molecule has 1 aliphatic rings. The third-order valence-electron chi connectivity index (χ3n) is 6.95. The second-order valence-corrected chi connectivity index (χ2v) is 12.8. The first-order valence-electron chi connectivity index (χ1n) is 12.4. The number of carbonyl (C=O) groups excluding carboxylic acids is 1. The number of hydrogen-bond donors (Lipinski definition) is 0. The highest BCUT2D eigenvalue weighted by molar-refractivity contribution is 7.89. The molecule has 0 unspecified atom stereocenters. The molecule has 2 aromatic carbocycles. The van der Waals surface area contributed by atoms with Crippen LogP contribution in [0.3, 0.4) is 0 Å². The van der Waals surface area contributed by atoms with Crippen molar-refractivity contribution in [1.82, 2.24) is 9.21 Å². The van der Waals surface area contributed by atoms with Gasteiger partial charge in [0, 0.05) is 22.5 Å². The lowest BCUT2D eigenvalue weighted by Crippen LogP contribution is -2.49. The van der Waals surface area contributed by atoms with E-state index in [4.69, 9.17) is 16.3 Å². The molecule has 9 heteroatoms. The number of fused-ring (bicyclic) bond motifs is 1. The van der Waals surface area contributed by atoms with Crippen LogP contribution < -0.4 is 4.74 Å². The number of nitrogens with zero attached hydrogens (tertiary/aromatic N) is 2. The molecule has 0 saturated carbocycles. The fraction of sp³-hybridized carbons (Fsp3) is 0.393. The van der Waals surface area contributed by atoms with E-state index in [1.165, 1.54) is 9.18 Å². The van der Waals surface area contributed by atoms with Crippen LogP contribution in [0.1, 0.15) is 47.9 Å². The van der Waals surface area contributed by atoms with Crippen LogP contribution >= 0.6 is 22.9 Å². The van der Waals surface area contributed by atoms with Gasteiger partial charge in [-0.15, -0.1) is 11.3 Å². The lowest BCUT2D eigenvalue weighted by Gasteiger charge is -2.37. The van der Waals surface area contributed by atoms with Crippen LogP contribution in [-0.2, 0) is 21.2 Å². The SMILES string of the molecule is CC[C@@H](C)N(CC(=O)N1CCc2sccc2[C@H]1COc1ccc(Cl)c(C)c1)S(=O)(=O)c1ccc(C)cc1. The molecule has 4 rings (SSSR count). The molecule has 2 heterocycles. The van der Waals surface area contributed by atoms with Gasteiger partial charge >= 0.3 is 0 Å². The second-order valence-electron chi connectivity index (χ2n) is 9.49. The van der Waals surface area contributed by atoms with E-state index in [1.807, 2.05) is 51.3 Å². The van der Waals surface area contributed by atoms with Crippen LogP contribution in [0.15, 0.2) is 58.8 Å². The summed E-state index contributed by atoms with van der Waals surface area (Å²) in [5, 5.41) is 2.70. The number of rotatable bonds is 9. The van der Waals surface area contributed by atoms with E-state index in [2.05, 4.69) is 0 Å². The quantitative estimate of drug-likeness (QED) is 0.321. The van der Waals surface area contributed by atoms with Gasteiger partial charge in [-0.05, 0) is 86.5 Å². The maximum Gasteiger partial charge on any atom is 0.243 e. The predicted molar refractivity (Wildman–Crippen MR) is 149 cm³/mol. The summed E-state index contributed by atoms with van der Waals surface area (Å²) in [4.78, 5) is 17.0. The molecular formula is C28H33ClN2O4S2. The van der Waals surface area contributed by atoms with Gasteiger partial charge in [0.05, 0.1) is 17.5 Å². The molecule has 1 amide bonds. The van der Waals surface area contributed by atoms with Crippen molar-refractivity contribution in [3.63, 3.8) is 0 Å². The van der Waals surface area contributed by atoms with Gasteiger partial charge in [0.25, 0.3) is 0 Å². The second kappa shape index (κ2) is 11.6. The van der Waals surface area contributed by atoms with Crippen molar-refractivity contribution >= 4 is 38.9 Å². The predicted octanol–water partition coefficient (Wildman–Crippen LogP) is 6.01. The Hall–Kier alpha value is -2.39. The van der Waals surface area contributed by atoms with E-state index < -0.39 is 10.0 Å². The number of amides is 1. The Morgan fingerprint density at radius 1 is 1.19 bits per heavy atom. The van der Waals surface area contributed by atoms with E-state index in [0.717, 1.165) is 23.1 Å². The molecule has 0 N–H and O–H groups in total. The van der Waals surface area contributed by atoms with Gasteiger partial charge in [-0.1, -0.05) is 36.2 Å². The highest BCUT2D eigenvalue weighted by Crippen LogP contribution is 2.35. The summed E-state index contributed by atoms with van der Waals surface area (Å²) in [5.74, 6) is 0.452. The number of carbonyl (C=O) groups is 1. The lowest BCUT2D eigenvalue weighted by molar-refractivity contribution is -0.135. The van der Waals surface area contributed by atoms with Gasteiger partial charge in [-0.2, -0.15) is 4.31 Å². The number of ether oxygens (including phenoxy) is 1. The third-order valence-corrected chi connectivity index (χ3v) is 10.3. The molecule has 0 radical (unpaired) electrons. The average Bonchev–Trinajstić information content (AvgIpc) is 3.36. The van der Waals surface area contributed by atoms with Crippen LogP contribution in [0.2, 0.25) is 5.02 Å². The summed E-state index contributed by atoms with van der Waals surface area (Å²) in [6.45, 7) is 8.16. The van der Waals surface area contributed by atoms with Crippen molar-refractivity contribution in [2.75, 3.05) is 19.7 Å². The molecular weight excluding hydrogens is 528 g/mol. The van der Waals surface area contributed by atoms with Crippen molar-refractivity contribution in [2.45, 2.75) is 57.5 Å². The molecule has 0 bridgehead atoms. The minimum atomic E-state index is -3.85. The van der Waals surface area contributed by atoms with Gasteiger partial charge in [0.2, 0.25) is 15.9 Å². The summed E-state index contributed by atoms with van der Waals surface area (Å²) in [5.41, 5.74) is 2.95. The lowest BCUT2D eigenvalue weighted by atomic mass is 10.0. The van der Waals surface area contributed by atoms with Crippen LogP contribution in [-0.4, -0.2) is 49.3 Å². The Kier molecular flexibility index (Phi) is 8.63.